The van der Waals surface area contributed by atoms with Gasteiger partial charge in [-0.2, -0.15) is 0 Å². The van der Waals surface area contributed by atoms with Gasteiger partial charge in [0.05, 0.1) is 12.1 Å². The van der Waals surface area contributed by atoms with Crippen molar-refractivity contribution in [2.75, 3.05) is 6.61 Å². The molecular weight excluding hydrogens is 302 g/mol. The van der Waals surface area contributed by atoms with Gasteiger partial charge in [0.15, 0.2) is 0 Å². The van der Waals surface area contributed by atoms with E-state index in [1.165, 1.54) is 0 Å². The number of carbonyl (C=O) groups is 2. The smallest absolute Gasteiger partial charge is 0.330 e. The molecule has 1 heterocycles. The highest BCUT2D eigenvalue weighted by atomic mass is 16.5. The summed E-state index contributed by atoms with van der Waals surface area (Å²) >= 11 is 0. The Morgan fingerprint density at radius 3 is 2.58 bits per heavy atom. The Morgan fingerprint density at radius 1 is 1.04 bits per heavy atom. The van der Waals surface area contributed by atoms with Gasteiger partial charge in [-0.25, -0.2) is 4.79 Å². The number of fused-ring (bicyclic) bond motifs is 1. The third kappa shape index (κ3) is 3.13. The summed E-state index contributed by atoms with van der Waals surface area (Å²) in [6.07, 6.45) is 3.51. The van der Waals surface area contributed by atoms with Crippen LogP contribution in [0.2, 0.25) is 0 Å². The van der Waals surface area contributed by atoms with Crippen LogP contribution in [-0.4, -0.2) is 23.1 Å². The van der Waals surface area contributed by atoms with E-state index in [1.807, 2.05) is 42.5 Å². The fourth-order valence-electron chi connectivity index (χ4n) is 2.67. The van der Waals surface area contributed by atoms with Gasteiger partial charge in [-0.3, -0.25) is 9.36 Å². The minimum atomic E-state index is -0.431. The maximum Gasteiger partial charge on any atom is 0.330 e. The Morgan fingerprint density at radius 2 is 1.83 bits per heavy atom. The van der Waals surface area contributed by atoms with E-state index >= 15 is 0 Å². The number of hydrogen-bond acceptors (Lipinski definition) is 3. The Balaban J connectivity index is 1.88. The molecule has 0 bridgehead atoms. The molecular formula is C20H17NO3. The van der Waals surface area contributed by atoms with Gasteiger partial charge in [-0.05, 0) is 29.8 Å². The predicted octanol–water partition coefficient (Wildman–Crippen LogP) is 3.60. The van der Waals surface area contributed by atoms with Crippen LogP contribution < -0.4 is 0 Å². The molecule has 0 amide bonds. The molecule has 3 rings (SSSR count). The zero-order valence-electron chi connectivity index (χ0n) is 13.1. The first-order valence-electron chi connectivity index (χ1n) is 7.68. The molecule has 24 heavy (non-hydrogen) atoms. The number of carbonyl (C=O) groups excluding carboxylic acids is 2. The van der Waals surface area contributed by atoms with Crippen molar-refractivity contribution < 1.29 is 14.3 Å². The van der Waals surface area contributed by atoms with E-state index in [-0.39, 0.29) is 12.5 Å². The third-order valence-electron chi connectivity index (χ3n) is 3.85. The summed E-state index contributed by atoms with van der Waals surface area (Å²) in [6, 6.07) is 16.9. The van der Waals surface area contributed by atoms with E-state index in [2.05, 4.69) is 6.58 Å². The summed E-state index contributed by atoms with van der Waals surface area (Å²) in [5.74, 6) is -0.500. The number of aromatic nitrogens is 1. The van der Waals surface area contributed by atoms with Gasteiger partial charge in [0, 0.05) is 29.6 Å². The second-order valence-corrected chi connectivity index (χ2v) is 5.33. The van der Waals surface area contributed by atoms with Crippen molar-refractivity contribution in [1.29, 1.82) is 0 Å². The van der Waals surface area contributed by atoms with Crippen molar-refractivity contribution in [2.45, 2.75) is 6.42 Å². The molecule has 0 aliphatic heterocycles. The summed E-state index contributed by atoms with van der Waals surface area (Å²) in [5.41, 5.74) is 2.51. The lowest BCUT2D eigenvalue weighted by molar-refractivity contribution is -0.137. The molecule has 4 nitrogen and oxygen atoms in total. The highest BCUT2D eigenvalue weighted by Crippen LogP contribution is 2.22. The van der Waals surface area contributed by atoms with Gasteiger partial charge in [0.1, 0.15) is 0 Å². The molecule has 0 N–H and O–H groups in total. The maximum absolute atomic E-state index is 12.7. The first-order chi connectivity index (χ1) is 11.7. The molecule has 0 aliphatic carbocycles. The summed E-state index contributed by atoms with van der Waals surface area (Å²) < 4.78 is 6.68. The van der Waals surface area contributed by atoms with E-state index in [0.29, 0.717) is 12.0 Å². The molecule has 0 unspecified atom stereocenters. The number of hydrogen-bond donors (Lipinski definition) is 0. The highest BCUT2D eigenvalue weighted by molar-refractivity contribution is 6.02. The zero-order valence-corrected chi connectivity index (χ0v) is 13.1. The second-order valence-electron chi connectivity index (χ2n) is 5.33. The van der Waals surface area contributed by atoms with Gasteiger partial charge in [-0.1, -0.05) is 36.9 Å². The Kier molecular flexibility index (Phi) is 4.57. The topological polar surface area (TPSA) is 48.3 Å². The zero-order chi connectivity index (χ0) is 16.9. The SMILES string of the molecule is C=CC(=O)OCCc1cccc2c1ccn2C(=O)c1ccccc1. The van der Waals surface area contributed by atoms with Crippen molar-refractivity contribution in [2.24, 2.45) is 0 Å². The van der Waals surface area contributed by atoms with Crippen molar-refractivity contribution in [1.82, 2.24) is 4.57 Å². The van der Waals surface area contributed by atoms with Crippen LogP contribution in [0.4, 0.5) is 0 Å². The molecule has 0 fully saturated rings. The Bertz CT molecular complexity index is 894. The van der Waals surface area contributed by atoms with Crippen LogP contribution in [0.3, 0.4) is 0 Å². The standard InChI is InChI=1S/C20H17NO3/c1-2-19(22)24-14-12-15-9-6-10-18-17(15)11-13-21(18)20(23)16-7-4-3-5-8-16/h2-11,13H,1,12,14H2. The summed E-state index contributed by atoms with van der Waals surface area (Å²) in [7, 11) is 0. The normalized spacial score (nSPS) is 10.5. The first-order valence-corrected chi connectivity index (χ1v) is 7.68. The Hall–Kier alpha value is -3.14. The largest absolute Gasteiger partial charge is 0.462 e. The molecule has 120 valence electrons. The second kappa shape index (κ2) is 6.96. The van der Waals surface area contributed by atoms with Crippen LogP contribution in [0, 0.1) is 0 Å². The van der Waals surface area contributed by atoms with Crippen molar-refractivity contribution in [3.8, 4) is 0 Å². The molecule has 0 atom stereocenters. The predicted molar refractivity (Wildman–Crippen MR) is 93.0 cm³/mol. The number of benzene rings is 2. The van der Waals surface area contributed by atoms with Gasteiger partial charge < -0.3 is 4.74 Å². The molecule has 3 aromatic rings. The molecule has 2 aromatic carbocycles. The molecule has 0 aliphatic rings. The van der Waals surface area contributed by atoms with Crippen LogP contribution >= 0.6 is 0 Å². The van der Waals surface area contributed by atoms with Crippen LogP contribution in [0.1, 0.15) is 15.9 Å². The minimum Gasteiger partial charge on any atom is -0.462 e. The fraction of sp³-hybridized carbons (Fsp3) is 0.100. The molecule has 0 radical (unpaired) electrons. The average molecular weight is 319 g/mol. The number of nitrogens with zero attached hydrogens (tertiary/aromatic N) is 1. The van der Waals surface area contributed by atoms with E-state index in [0.717, 1.165) is 22.5 Å². The van der Waals surface area contributed by atoms with Crippen LogP contribution in [-0.2, 0) is 16.0 Å². The van der Waals surface area contributed by atoms with Crippen molar-refractivity contribution >= 4 is 22.8 Å². The monoisotopic (exact) mass is 319 g/mol. The molecule has 0 saturated heterocycles. The summed E-state index contributed by atoms with van der Waals surface area (Å²) in [6.45, 7) is 3.65. The lowest BCUT2D eigenvalue weighted by atomic mass is 10.1. The van der Waals surface area contributed by atoms with E-state index in [1.54, 1.807) is 22.9 Å². The minimum absolute atomic E-state index is 0.0687. The van der Waals surface area contributed by atoms with Crippen LogP contribution in [0.5, 0.6) is 0 Å². The molecule has 1 aromatic heterocycles. The third-order valence-corrected chi connectivity index (χ3v) is 3.85. The lowest BCUT2D eigenvalue weighted by Gasteiger charge is -2.07. The van der Waals surface area contributed by atoms with Gasteiger partial charge in [0.25, 0.3) is 5.91 Å². The van der Waals surface area contributed by atoms with Crippen molar-refractivity contribution in [3.05, 3.63) is 84.6 Å². The average Bonchev–Trinajstić information content (AvgIpc) is 3.06. The highest BCUT2D eigenvalue weighted by Gasteiger charge is 2.12. The Labute approximate surface area is 140 Å². The summed E-state index contributed by atoms with van der Waals surface area (Å²) in [4.78, 5) is 23.8. The van der Waals surface area contributed by atoms with Crippen LogP contribution in [0.15, 0.2) is 73.4 Å². The number of rotatable bonds is 5. The summed E-state index contributed by atoms with van der Waals surface area (Å²) in [5, 5.41) is 0.983. The van der Waals surface area contributed by atoms with E-state index < -0.39 is 5.97 Å². The van der Waals surface area contributed by atoms with Gasteiger partial charge >= 0.3 is 5.97 Å². The van der Waals surface area contributed by atoms with Gasteiger partial charge in [-0.15, -0.1) is 0 Å². The van der Waals surface area contributed by atoms with Crippen LogP contribution in [0.25, 0.3) is 10.9 Å². The lowest BCUT2D eigenvalue weighted by Crippen LogP contribution is -2.10. The number of esters is 1. The quantitative estimate of drug-likeness (QED) is 0.533. The fourth-order valence-corrected chi connectivity index (χ4v) is 2.67. The number of ether oxygens (including phenoxy) is 1. The van der Waals surface area contributed by atoms with E-state index in [4.69, 9.17) is 4.74 Å². The van der Waals surface area contributed by atoms with Crippen molar-refractivity contribution in [3.63, 3.8) is 0 Å². The molecule has 4 heteroatoms. The molecule has 0 saturated carbocycles. The van der Waals surface area contributed by atoms with Gasteiger partial charge in [0.2, 0.25) is 0 Å². The molecule has 0 spiro atoms. The van der Waals surface area contributed by atoms with E-state index in [9.17, 15) is 9.59 Å². The first kappa shape index (κ1) is 15.7. The maximum atomic E-state index is 12.7.